The fourth-order valence-corrected chi connectivity index (χ4v) is 4.56. The van der Waals surface area contributed by atoms with E-state index in [4.69, 9.17) is 16.7 Å². The first-order valence-electron chi connectivity index (χ1n) is 5.91. The molecule has 2 heterocycles. The second-order valence-electron chi connectivity index (χ2n) is 4.17. The van der Waals surface area contributed by atoms with Crippen LogP contribution in [0.1, 0.15) is 20.1 Å². The first-order chi connectivity index (χ1) is 9.95. The Kier molecular flexibility index (Phi) is 5.69. The highest BCUT2D eigenvalue weighted by Gasteiger charge is 2.13. The van der Waals surface area contributed by atoms with Gasteiger partial charge in [-0.2, -0.15) is 0 Å². The van der Waals surface area contributed by atoms with Crippen LogP contribution in [0, 0.1) is 6.92 Å². The largest absolute Gasteiger partial charge is 0.477 e. The van der Waals surface area contributed by atoms with Crippen LogP contribution in [-0.4, -0.2) is 22.7 Å². The summed E-state index contributed by atoms with van der Waals surface area (Å²) in [6, 6.07) is 5.46. The van der Waals surface area contributed by atoms with Crippen LogP contribution < -0.4 is 5.32 Å². The van der Waals surface area contributed by atoms with Crippen LogP contribution in [0.5, 0.6) is 0 Å². The van der Waals surface area contributed by atoms with E-state index in [0.29, 0.717) is 16.3 Å². The van der Waals surface area contributed by atoms with Crippen LogP contribution in [0.4, 0.5) is 5.00 Å². The third-order valence-electron chi connectivity index (χ3n) is 2.48. The van der Waals surface area contributed by atoms with Crippen molar-refractivity contribution >= 4 is 62.9 Å². The molecule has 0 aromatic carbocycles. The molecule has 8 heteroatoms. The number of carbonyl (C=O) groups excluding carboxylic acids is 1. The van der Waals surface area contributed by atoms with Gasteiger partial charge in [0.05, 0.1) is 15.1 Å². The highest BCUT2D eigenvalue weighted by Crippen LogP contribution is 2.27. The quantitative estimate of drug-likeness (QED) is 0.803. The maximum absolute atomic E-state index is 11.8. The van der Waals surface area contributed by atoms with E-state index >= 15 is 0 Å². The highest BCUT2D eigenvalue weighted by molar-refractivity contribution is 7.99. The Morgan fingerprint density at radius 1 is 1.38 bits per heavy atom. The van der Waals surface area contributed by atoms with Gasteiger partial charge in [0.1, 0.15) is 4.88 Å². The van der Waals surface area contributed by atoms with E-state index in [2.05, 4.69) is 5.32 Å². The van der Waals surface area contributed by atoms with E-state index in [1.54, 1.807) is 13.0 Å². The van der Waals surface area contributed by atoms with E-state index in [1.807, 2.05) is 12.1 Å². The first-order valence-corrected chi connectivity index (χ1v) is 9.08. The molecule has 0 aliphatic rings. The van der Waals surface area contributed by atoms with Crippen molar-refractivity contribution in [1.82, 2.24) is 0 Å². The molecular weight excluding hydrogens is 350 g/mol. The molecule has 2 N–H and O–H groups in total. The maximum Gasteiger partial charge on any atom is 0.346 e. The van der Waals surface area contributed by atoms with Crippen molar-refractivity contribution in [1.29, 1.82) is 0 Å². The molecule has 21 heavy (non-hydrogen) atoms. The smallest absolute Gasteiger partial charge is 0.346 e. The summed E-state index contributed by atoms with van der Waals surface area (Å²) in [6.07, 6.45) is 0. The van der Waals surface area contributed by atoms with Crippen molar-refractivity contribution in [3.8, 4) is 0 Å². The minimum atomic E-state index is -0.970. The molecule has 0 saturated carbocycles. The van der Waals surface area contributed by atoms with Gasteiger partial charge < -0.3 is 10.4 Å². The second-order valence-corrected chi connectivity index (χ2v) is 8.01. The lowest BCUT2D eigenvalue weighted by Gasteiger charge is -2.01. The van der Waals surface area contributed by atoms with E-state index in [0.717, 1.165) is 26.3 Å². The van der Waals surface area contributed by atoms with Gasteiger partial charge in [-0.15, -0.1) is 34.4 Å². The van der Waals surface area contributed by atoms with Gasteiger partial charge in [0.25, 0.3) is 0 Å². The predicted octanol–water partition coefficient (Wildman–Crippen LogP) is 4.34. The number of anilines is 1. The molecule has 2 aromatic heterocycles. The number of thiophene rings is 2. The normalized spacial score (nSPS) is 10.6. The molecule has 0 radical (unpaired) electrons. The standard InChI is InChI=1S/C13H12ClNO3S3/c1-7-4-11(21-12(7)13(17)18)15-10(16)6-19-5-8-2-3-9(14)20-8/h2-4H,5-6H2,1H3,(H,15,16)(H,17,18). The lowest BCUT2D eigenvalue weighted by Crippen LogP contribution is -2.13. The molecule has 0 fully saturated rings. The molecule has 0 atom stereocenters. The lowest BCUT2D eigenvalue weighted by molar-refractivity contribution is -0.113. The van der Waals surface area contributed by atoms with Gasteiger partial charge in [-0.3, -0.25) is 4.79 Å². The Morgan fingerprint density at radius 2 is 2.14 bits per heavy atom. The second kappa shape index (κ2) is 7.31. The Balaban J connectivity index is 1.81. The molecule has 0 bridgehead atoms. The third-order valence-corrected chi connectivity index (χ3v) is 6.02. The van der Waals surface area contributed by atoms with Crippen LogP contribution in [0.15, 0.2) is 18.2 Å². The number of carbonyl (C=O) groups is 2. The number of nitrogens with one attached hydrogen (secondary N) is 1. The SMILES string of the molecule is Cc1cc(NC(=O)CSCc2ccc(Cl)s2)sc1C(=O)O. The number of halogens is 1. The number of aromatic carboxylic acids is 1. The number of thioether (sulfide) groups is 1. The van der Waals surface area contributed by atoms with E-state index in [1.165, 1.54) is 23.1 Å². The summed E-state index contributed by atoms with van der Waals surface area (Å²) in [5.74, 6) is -0.0634. The van der Waals surface area contributed by atoms with Crippen molar-refractivity contribution in [3.05, 3.63) is 37.9 Å². The molecule has 112 valence electrons. The number of rotatable bonds is 6. The zero-order valence-corrected chi connectivity index (χ0v) is 14.2. The van der Waals surface area contributed by atoms with E-state index in [9.17, 15) is 9.59 Å². The number of carboxylic acid groups (broad SMARTS) is 1. The summed E-state index contributed by atoms with van der Waals surface area (Å²) < 4.78 is 0.741. The van der Waals surface area contributed by atoms with Crippen LogP contribution in [0.3, 0.4) is 0 Å². The third kappa shape index (κ3) is 4.74. The van der Waals surface area contributed by atoms with Crippen molar-refractivity contribution in [2.45, 2.75) is 12.7 Å². The number of amides is 1. The summed E-state index contributed by atoms with van der Waals surface area (Å²) in [6.45, 7) is 1.71. The average molecular weight is 362 g/mol. The van der Waals surface area contributed by atoms with Crippen LogP contribution in [0.25, 0.3) is 0 Å². The summed E-state index contributed by atoms with van der Waals surface area (Å²) in [4.78, 5) is 24.1. The van der Waals surface area contributed by atoms with Crippen molar-refractivity contribution in [3.63, 3.8) is 0 Å². The topological polar surface area (TPSA) is 66.4 Å². The number of hydrogen-bond acceptors (Lipinski definition) is 5. The Labute approximate surface area is 139 Å². The van der Waals surface area contributed by atoms with Crippen molar-refractivity contribution in [2.75, 3.05) is 11.1 Å². The monoisotopic (exact) mass is 361 g/mol. The number of hydrogen-bond donors (Lipinski definition) is 2. The Bertz CT molecular complexity index is 665. The summed E-state index contributed by atoms with van der Waals surface area (Å²) in [5.41, 5.74) is 0.656. The summed E-state index contributed by atoms with van der Waals surface area (Å²) in [5, 5.41) is 12.3. The van der Waals surface area contributed by atoms with Crippen LogP contribution in [-0.2, 0) is 10.5 Å². The maximum atomic E-state index is 11.8. The van der Waals surface area contributed by atoms with E-state index in [-0.39, 0.29) is 10.8 Å². The van der Waals surface area contributed by atoms with Gasteiger partial charge in [-0.25, -0.2) is 4.79 Å². The molecule has 4 nitrogen and oxygen atoms in total. The van der Waals surface area contributed by atoms with Crippen molar-refractivity contribution in [2.24, 2.45) is 0 Å². The molecule has 0 spiro atoms. The minimum Gasteiger partial charge on any atom is -0.477 e. The number of carboxylic acids is 1. The molecule has 0 unspecified atom stereocenters. The van der Waals surface area contributed by atoms with Gasteiger partial charge >= 0.3 is 5.97 Å². The lowest BCUT2D eigenvalue weighted by atomic mass is 10.3. The van der Waals surface area contributed by atoms with Crippen molar-refractivity contribution < 1.29 is 14.7 Å². The average Bonchev–Trinajstić information content (AvgIpc) is 2.96. The Hall–Kier alpha value is -1.02. The minimum absolute atomic E-state index is 0.138. The molecule has 0 saturated heterocycles. The fourth-order valence-electron chi connectivity index (χ4n) is 1.60. The molecule has 0 aliphatic carbocycles. The van der Waals surface area contributed by atoms with Gasteiger partial charge in [0, 0.05) is 10.6 Å². The molecule has 1 amide bonds. The van der Waals surface area contributed by atoms with Crippen LogP contribution in [0.2, 0.25) is 4.34 Å². The molecule has 2 aromatic rings. The van der Waals surface area contributed by atoms with Gasteiger partial charge in [-0.05, 0) is 30.7 Å². The van der Waals surface area contributed by atoms with Gasteiger partial charge in [-0.1, -0.05) is 11.6 Å². The first kappa shape index (κ1) is 16.4. The van der Waals surface area contributed by atoms with Crippen LogP contribution >= 0.6 is 46.0 Å². The highest BCUT2D eigenvalue weighted by atomic mass is 35.5. The van der Waals surface area contributed by atoms with Gasteiger partial charge in [0.2, 0.25) is 5.91 Å². The summed E-state index contributed by atoms with van der Waals surface area (Å²) >= 11 is 9.90. The molecular formula is C13H12ClNO3S3. The molecule has 0 aliphatic heterocycles. The zero-order chi connectivity index (χ0) is 15.4. The molecule has 2 rings (SSSR count). The van der Waals surface area contributed by atoms with E-state index < -0.39 is 5.97 Å². The summed E-state index contributed by atoms with van der Waals surface area (Å²) in [7, 11) is 0. The predicted molar refractivity (Wildman–Crippen MR) is 90.1 cm³/mol. The number of aryl methyl sites for hydroxylation is 1. The van der Waals surface area contributed by atoms with Gasteiger partial charge in [0.15, 0.2) is 0 Å². The zero-order valence-electron chi connectivity index (χ0n) is 11.0. The fraction of sp³-hybridized carbons (Fsp3) is 0.231. The Morgan fingerprint density at radius 3 is 2.71 bits per heavy atom.